The molecule has 1 aromatic rings. The molecular formula is C25H34FNO4. The van der Waals surface area contributed by atoms with Gasteiger partial charge in [0.05, 0.1) is 12.2 Å². The number of carboxylic acid groups (broad SMARTS) is 1. The predicted molar refractivity (Wildman–Crippen MR) is 116 cm³/mol. The molecule has 31 heavy (non-hydrogen) atoms. The molecule has 2 saturated carbocycles. The Labute approximate surface area is 184 Å². The Morgan fingerprint density at radius 1 is 1.19 bits per heavy atom. The fourth-order valence-corrected chi connectivity index (χ4v) is 6.22. The summed E-state index contributed by atoms with van der Waals surface area (Å²) in [6.45, 7) is 4.97. The van der Waals surface area contributed by atoms with Crippen LogP contribution in [0.3, 0.4) is 0 Å². The number of nitrogens with zero attached hydrogens (tertiary/aromatic N) is 1. The topological polar surface area (TPSA) is 66.8 Å². The molecule has 1 aliphatic heterocycles. The van der Waals surface area contributed by atoms with Crippen LogP contribution in [-0.2, 0) is 4.79 Å². The second kappa shape index (κ2) is 8.79. The van der Waals surface area contributed by atoms with Gasteiger partial charge < -0.3 is 14.7 Å². The van der Waals surface area contributed by atoms with Gasteiger partial charge in [-0.15, -0.1) is 0 Å². The van der Waals surface area contributed by atoms with E-state index in [1.165, 1.54) is 55.6 Å². The van der Waals surface area contributed by atoms with Crippen LogP contribution in [0.5, 0.6) is 5.75 Å². The zero-order valence-electron chi connectivity index (χ0n) is 18.7. The van der Waals surface area contributed by atoms with Crippen LogP contribution in [0.4, 0.5) is 4.39 Å². The summed E-state index contributed by atoms with van der Waals surface area (Å²) in [5, 5.41) is 9.34. The van der Waals surface area contributed by atoms with E-state index in [4.69, 9.17) is 4.74 Å². The van der Waals surface area contributed by atoms with Crippen molar-refractivity contribution in [3.8, 4) is 5.75 Å². The first-order chi connectivity index (χ1) is 14.8. The Kier molecular flexibility index (Phi) is 6.27. The van der Waals surface area contributed by atoms with Crippen LogP contribution in [-0.4, -0.2) is 41.1 Å². The van der Waals surface area contributed by atoms with E-state index in [0.717, 1.165) is 18.3 Å². The van der Waals surface area contributed by atoms with E-state index < -0.39 is 23.7 Å². The summed E-state index contributed by atoms with van der Waals surface area (Å²) in [5.74, 6) is -0.179. The van der Waals surface area contributed by atoms with Crippen molar-refractivity contribution in [3.05, 3.63) is 29.1 Å². The summed E-state index contributed by atoms with van der Waals surface area (Å²) >= 11 is 0. The number of fused-ring (bicyclic) bond motifs is 2. The van der Waals surface area contributed by atoms with E-state index >= 15 is 0 Å². The van der Waals surface area contributed by atoms with Crippen molar-refractivity contribution in [2.75, 3.05) is 13.2 Å². The van der Waals surface area contributed by atoms with Gasteiger partial charge in [-0.05, 0) is 68.9 Å². The minimum atomic E-state index is -1.04. The van der Waals surface area contributed by atoms with Gasteiger partial charge in [-0.2, -0.15) is 0 Å². The van der Waals surface area contributed by atoms with Gasteiger partial charge in [0.25, 0.3) is 5.91 Å². The van der Waals surface area contributed by atoms with Crippen molar-refractivity contribution < 1.29 is 23.8 Å². The average Bonchev–Trinajstić information content (AvgIpc) is 3.23. The number of likely N-dealkylation sites (tertiary alicyclic amines) is 1. The molecule has 3 fully saturated rings. The number of amides is 1. The molecule has 1 saturated heterocycles. The molecule has 0 aromatic heterocycles. The molecule has 1 N–H and O–H groups in total. The Bertz CT molecular complexity index is 842. The lowest BCUT2D eigenvalue weighted by Crippen LogP contribution is -2.40. The quantitative estimate of drug-likeness (QED) is 0.672. The third-order valence-corrected chi connectivity index (χ3v) is 7.91. The molecule has 5 nitrogen and oxygen atoms in total. The number of ether oxygens (including phenoxy) is 1. The van der Waals surface area contributed by atoms with Gasteiger partial charge in [0.2, 0.25) is 0 Å². The van der Waals surface area contributed by atoms with Crippen LogP contribution >= 0.6 is 0 Å². The Hall–Kier alpha value is -2.11. The highest BCUT2D eigenvalue weighted by atomic mass is 19.1. The summed E-state index contributed by atoms with van der Waals surface area (Å²) < 4.78 is 21.1. The lowest BCUT2D eigenvalue weighted by Gasteiger charge is -2.46. The molecule has 3 atom stereocenters. The largest absolute Gasteiger partial charge is 0.493 e. The summed E-state index contributed by atoms with van der Waals surface area (Å²) in [4.78, 5) is 25.5. The van der Waals surface area contributed by atoms with Crippen molar-refractivity contribution in [3.63, 3.8) is 0 Å². The third-order valence-electron chi connectivity index (χ3n) is 7.91. The number of carboxylic acids is 1. The van der Waals surface area contributed by atoms with Crippen LogP contribution in [0.25, 0.3) is 0 Å². The van der Waals surface area contributed by atoms with Crippen LogP contribution in [0.15, 0.2) is 12.1 Å². The molecule has 6 heteroatoms. The Morgan fingerprint density at radius 2 is 1.90 bits per heavy atom. The number of hydrogen-bond donors (Lipinski definition) is 1. The minimum absolute atomic E-state index is 0.0737. The van der Waals surface area contributed by atoms with E-state index in [1.54, 1.807) is 0 Å². The lowest BCUT2D eigenvalue weighted by atomic mass is 9.60. The van der Waals surface area contributed by atoms with Crippen LogP contribution < -0.4 is 4.74 Å². The molecular weight excluding hydrogens is 397 g/mol. The first kappa shape index (κ1) is 22.1. The maximum atomic E-state index is 14.9. The number of carbonyl (C=O) groups is 2. The van der Waals surface area contributed by atoms with Gasteiger partial charge in [-0.25, -0.2) is 9.18 Å². The molecule has 4 rings (SSSR count). The SMILES string of the molecule is CCC1(COc2cc(F)c(C(=O)N3CCC[C@H]3C(=O)O)cc2C)CC2CCCC(C2)C1. The number of aliphatic carboxylic acids is 1. The molecule has 1 heterocycles. The lowest BCUT2D eigenvalue weighted by molar-refractivity contribution is -0.141. The van der Waals surface area contributed by atoms with Gasteiger partial charge in [0.1, 0.15) is 17.6 Å². The molecule has 1 amide bonds. The fraction of sp³-hybridized carbons (Fsp3) is 0.680. The second-order valence-electron chi connectivity index (χ2n) is 10.0. The molecule has 1 aromatic carbocycles. The van der Waals surface area contributed by atoms with E-state index in [0.29, 0.717) is 37.3 Å². The molecule has 0 radical (unpaired) electrons. The van der Waals surface area contributed by atoms with Gasteiger partial charge in [-0.3, -0.25) is 4.79 Å². The zero-order chi connectivity index (χ0) is 22.2. The van der Waals surface area contributed by atoms with Gasteiger partial charge in [0, 0.05) is 18.0 Å². The highest BCUT2D eigenvalue weighted by Crippen LogP contribution is 2.50. The van der Waals surface area contributed by atoms with Crippen molar-refractivity contribution in [2.45, 2.75) is 77.7 Å². The number of benzene rings is 1. The summed E-state index contributed by atoms with van der Waals surface area (Å²) in [7, 11) is 0. The maximum absolute atomic E-state index is 14.9. The highest BCUT2D eigenvalue weighted by molar-refractivity contribution is 5.97. The third kappa shape index (κ3) is 4.44. The first-order valence-corrected chi connectivity index (χ1v) is 11.8. The average molecular weight is 432 g/mol. The van der Waals surface area contributed by atoms with Crippen molar-refractivity contribution in [2.24, 2.45) is 17.3 Å². The van der Waals surface area contributed by atoms with Crippen LogP contribution in [0.2, 0.25) is 0 Å². The van der Waals surface area contributed by atoms with Gasteiger partial charge in [0.15, 0.2) is 0 Å². The number of carbonyl (C=O) groups excluding carboxylic acids is 1. The summed E-state index contributed by atoms with van der Waals surface area (Å²) in [6.07, 6.45) is 9.77. The monoisotopic (exact) mass is 431 g/mol. The Balaban J connectivity index is 1.48. The summed E-state index contributed by atoms with van der Waals surface area (Å²) in [6, 6.07) is 1.94. The van der Waals surface area contributed by atoms with Crippen molar-refractivity contribution in [1.82, 2.24) is 4.90 Å². The minimum Gasteiger partial charge on any atom is -0.493 e. The predicted octanol–water partition coefficient (Wildman–Crippen LogP) is 5.20. The number of hydrogen-bond acceptors (Lipinski definition) is 3. The molecule has 2 bridgehead atoms. The highest BCUT2D eigenvalue weighted by Gasteiger charge is 2.42. The Morgan fingerprint density at radius 3 is 2.55 bits per heavy atom. The molecule has 170 valence electrons. The standard InChI is InChI=1S/C25H34FNO4/c1-3-25(13-17-6-4-7-18(11-17)14-25)15-31-22-12-20(26)19(10-16(22)2)23(28)27-9-5-8-21(27)24(29)30/h10,12,17-18,21H,3-9,11,13-15H2,1-2H3,(H,29,30)/t17?,18?,21-,25?/m0/s1. The number of halogens is 1. The molecule has 2 unspecified atom stereocenters. The van der Waals surface area contributed by atoms with Crippen molar-refractivity contribution in [1.29, 1.82) is 0 Å². The number of aryl methyl sites for hydroxylation is 1. The smallest absolute Gasteiger partial charge is 0.326 e. The normalized spacial score (nSPS) is 30.3. The molecule has 0 spiro atoms. The summed E-state index contributed by atoms with van der Waals surface area (Å²) in [5.41, 5.74) is 0.781. The van der Waals surface area contributed by atoms with Gasteiger partial charge in [-0.1, -0.05) is 26.2 Å². The number of rotatable bonds is 6. The fourth-order valence-electron chi connectivity index (χ4n) is 6.22. The van der Waals surface area contributed by atoms with Crippen LogP contribution in [0, 0.1) is 30.0 Å². The maximum Gasteiger partial charge on any atom is 0.326 e. The van der Waals surface area contributed by atoms with E-state index in [2.05, 4.69) is 6.92 Å². The van der Waals surface area contributed by atoms with Gasteiger partial charge >= 0.3 is 5.97 Å². The zero-order valence-corrected chi connectivity index (χ0v) is 18.7. The molecule has 3 aliphatic rings. The van der Waals surface area contributed by atoms with E-state index in [-0.39, 0.29) is 11.0 Å². The van der Waals surface area contributed by atoms with Crippen LogP contribution in [0.1, 0.15) is 80.6 Å². The molecule has 2 aliphatic carbocycles. The first-order valence-electron chi connectivity index (χ1n) is 11.8. The second-order valence-corrected chi connectivity index (χ2v) is 10.0. The van der Waals surface area contributed by atoms with Crippen molar-refractivity contribution >= 4 is 11.9 Å². The van der Waals surface area contributed by atoms with E-state index in [9.17, 15) is 19.1 Å². The van der Waals surface area contributed by atoms with E-state index in [1.807, 2.05) is 6.92 Å².